The lowest BCUT2D eigenvalue weighted by molar-refractivity contribution is 0.630. The van der Waals surface area contributed by atoms with E-state index in [4.69, 9.17) is 0 Å². The van der Waals surface area contributed by atoms with Crippen molar-refractivity contribution in [1.29, 1.82) is 0 Å². The first kappa shape index (κ1) is 14.2. The van der Waals surface area contributed by atoms with Crippen molar-refractivity contribution in [3.63, 3.8) is 0 Å². The molecule has 2 N–H and O–H groups in total. The van der Waals surface area contributed by atoms with E-state index in [2.05, 4.69) is 20.6 Å². The largest absolute Gasteiger partial charge is 0.373 e. The molecular formula is C15H19FN4. The molecule has 1 aromatic carbocycles. The molecule has 4 nitrogen and oxygen atoms in total. The number of rotatable bonds is 4. The molecule has 1 aromatic heterocycles. The summed E-state index contributed by atoms with van der Waals surface area (Å²) in [6.45, 7) is 5.90. The lowest BCUT2D eigenvalue weighted by Crippen LogP contribution is -2.06. The Morgan fingerprint density at radius 2 is 1.85 bits per heavy atom. The van der Waals surface area contributed by atoms with Gasteiger partial charge in [-0.2, -0.15) is 0 Å². The van der Waals surface area contributed by atoms with Crippen LogP contribution in [0.2, 0.25) is 0 Å². The van der Waals surface area contributed by atoms with Gasteiger partial charge in [0, 0.05) is 19.0 Å². The maximum Gasteiger partial charge on any atom is 0.146 e. The molecule has 0 saturated heterocycles. The molecule has 0 radical (unpaired) electrons. The fourth-order valence-corrected chi connectivity index (χ4v) is 1.83. The van der Waals surface area contributed by atoms with Gasteiger partial charge in [0.25, 0.3) is 0 Å². The maximum absolute atomic E-state index is 13.9. The molecule has 2 aromatic rings. The van der Waals surface area contributed by atoms with E-state index in [0.29, 0.717) is 23.1 Å². The number of para-hydroxylation sites is 1. The second-order valence-electron chi connectivity index (χ2n) is 4.96. The summed E-state index contributed by atoms with van der Waals surface area (Å²) >= 11 is 0. The van der Waals surface area contributed by atoms with Gasteiger partial charge in [-0.25, -0.2) is 14.4 Å². The molecule has 0 bridgehead atoms. The number of hydrogen-bond acceptors (Lipinski definition) is 4. The highest BCUT2D eigenvalue weighted by Gasteiger charge is 2.10. The van der Waals surface area contributed by atoms with Gasteiger partial charge in [-0.3, -0.25) is 0 Å². The molecule has 0 spiro atoms. The zero-order valence-corrected chi connectivity index (χ0v) is 12.2. The first-order chi connectivity index (χ1) is 9.51. The van der Waals surface area contributed by atoms with Crippen LogP contribution in [-0.4, -0.2) is 17.0 Å². The van der Waals surface area contributed by atoms with E-state index < -0.39 is 0 Å². The number of aromatic nitrogens is 2. The molecule has 0 amide bonds. The summed E-state index contributed by atoms with van der Waals surface area (Å²) < 4.78 is 13.9. The van der Waals surface area contributed by atoms with Crippen molar-refractivity contribution in [1.82, 2.24) is 9.97 Å². The summed E-state index contributed by atoms with van der Waals surface area (Å²) in [7, 11) is 1.80. The van der Waals surface area contributed by atoms with Crippen LogP contribution in [0.3, 0.4) is 0 Å². The molecule has 1 heterocycles. The Kier molecular flexibility index (Phi) is 4.17. The first-order valence-electron chi connectivity index (χ1n) is 6.60. The quantitative estimate of drug-likeness (QED) is 0.889. The standard InChI is InChI=1S/C15H19FN4/c1-9(2)15-19-12(17-4)8-13(20-15)18-14-10(3)6-5-7-11(14)16/h5-9H,1-4H3,(H2,17,18,19,20). The van der Waals surface area contributed by atoms with Crippen LogP contribution in [0.4, 0.5) is 21.7 Å². The first-order valence-corrected chi connectivity index (χ1v) is 6.60. The van der Waals surface area contributed by atoms with E-state index in [1.54, 1.807) is 19.2 Å². The van der Waals surface area contributed by atoms with Crippen molar-refractivity contribution in [2.24, 2.45) is 0 Å². The van der Waals surface area contributed by atoms with Crippen LogP contribution in [0.5, 0.6) is 0 Å². The highest BCUT2D eigenvalue weighted by Crippen LogP contribution is 2.24. The van der Waals surface area contributed by atoms with Gasteiger partial charge in [0.2, 0.25) is 0 Å². The molecular weight excluding hydrogens is 255 g/mol. The third-order valence-electron chi connectivity index (χ3n) is 2.99. The number of benzene rings is 1. The van der Waals surface area contributed by atoms with Crippen LogP contribution < -0.4 is 10.6 Å². The number of anilines is 3. The monoisotopic (exact) mass is 274 g/mol. The molecule has 0 atom stereocenters. The fraction of sp³-hybridized carbons (Fsp3) is 0.333. The molecule has 0 aliphatic carbocycles. The van der Waals surface area contributed by atoms with Crippen LogP contribution in [-0.2, 0) is 0 Å². The van der Waals surface area contributed by atoms with E-state index in [1.807, 2.05) is 26.8 Å². The Hall–Kier alpha value is -2.17. The minimum Gasteiger partial charge on any atom is -0.373 e. The third kappa shape index (κ3) is 3.04. The van der Waals surface area contributed by atoms with Crippen LogP contribution in [0.1, 0.15) is 31.2 Å². The Morgan fingerprint density at radius 1 is 1.15 bits per heavy atom. The van der Waals surface area contributed by atoms with Crippen molar-refractivity contribution >= 4 is 17.3 Å². The highest BCUT2D eigenvalue weighted by molar-refractivity contribution is 5.63. The lowest BCUT2D eigenvalue weighted by atomic mass is 10.2. The third-order valence-corrected chi connectivity index (χ3v) is 2.99. The second kappa shape index (κ2) is 5.86. The predicted molar refractivity (Wildman–Crippen MR) is 80.1 cm³/mol. The average molecular weight is 274 g/mol. The molecule has 2 rings (SSSR count). The minimum atomic E-state index is -0.291. The van der Waals surface area contributed by atoms with E-state index in [0.717, 1.165) is 5.56 Å². The Morgan fingerprint density at radius 3 is 2.45 bits per heavy atom. The van der Waals surface area contributed by atoms with E-state index >= 15 is 0 Å². The Balaban J connectivity index is 2.40. The molecule has 20 heavy (non-hydrogen) atoms. The SMILES string of the molecule is CNc1cc(Nc2c(C)cccc2F)nc(C(C)C)n1. The molecule has 0 aliphatic heterocycles. The number of aryl methyl sites for hydroxylation is 1. The summed E-state index contributed by atoms with van der Waals surface area (Å²) in [5.74, 6) is 1.92. The Labute approximate surface area is 118 Å². The number of nitrogens with one attached hydrogen (secondary N) is 2. The van der Waals surface area contributed by atoms with Crippen LogP contribution >= 0.6 is 0 Å². The molecule has 0 aliphatic rings. The van der Waals surface area contributed by atoms with Crippen molar-refractivity contribution in [2.75, 3.05) is 17.7 Å². The van der Waals surface area contributed by atoms with Gasteiger partial charge in [-0.05, 0) is 18.6 Å². The van der Waals surface area contributed by atoms with Crippen LogP contribution in [0, 0.1) is 12.7 Å². The lowest BCUT2D eigenvalue weighted by Gasteiger charge is -2.13. The predicted octanol–water partition coefficient (Wildman–Crippen LogP) is 3.83. The average Bonchev–Trinajstić information content (AvgIpc) is 2.42. The Bertz CT molecular complexity index is 591. The van der Waals surface area contributed by atoms with Gasteiger partial charge in [0.05, 0.1) is 5.69 Å². The van der Waals surface area contributed by atoms with Gasteiger partial charge in [0.15, 0.2) is 0 Å². The highest BCUT2D eigenvalue weighted by atomic mass is 19.1. The van der Waals surface area contributed by atoms with E-state index in [1.165, 1.54) is 6.07 Å². The molecule has 0 saturated carbocycles. The summed E-state index contributed by atoms with van der Waals surface area (Å²) in [5, 5.41) is 6.04. The smallest absolute Gasteiger partial charge is 0.146 e. The van der Waals surface area contributed by atoms with Gasteiger partial charge in [-0.15, -0.1) is 0 Å². The topological polar surface area (TPSA) is 49.8 Å². The van der Waals surface area contributed by atoms with Gasteiger partial charge in [-0.1, -0.05) is 26.0 Å². The minimum absolute atomic E-state index is 0.200. The zero-order chi connectivity index (χ0) is 14.7. The van der Waals surface area contributed by atoms with E-state index in [9.17, 15) is 4.39 Å². The van der Waals surface area contributed by atoms with Crippen LogP contribution in [0.25, 0.3) is 0 Å². The van der Waals surface area contributed by atoms with Crippen LogP contribution in [0.15, 0.2) is 24.3 Å². The van der Waals surface area contributed by atoms with Crippen molar-refractivity contribution in [2.45, 2.75) is 26.7 Å². The number of halogens is 1. The fourth-order valence-electron chi connectivity index (χ4n) is 1.83. The summed E-state index contributed by atoms with van der Waals surface area (Å²) in [5.41, 5.74) is 1.28. The molecule has 0 fully saturated rings. The molecule has 5 heteroatoms. The summed E-state index contributed by atoms with van der Waals surface area (Å²) in [4.78, 5) is 8.81. The number of hydrogen-bond donors (Lipinski definition) is 2. The number of nitrogens with zero attached hydrogens (tertiary/aromatic N) is 2. The normalized spacial score (nSPS) is 10.7. The zero-order valence-electron chi connectivity index (χ0n) is 12.2. The van der Waals surface area contributed by atoms with Gasteiger partial charge in [0.1, 0.15) is 23.3 Å². The maximum atomic E-state index is 13.9. The van der Waals surface area contributed by atoms with Gasteiger partial charge >= 0.3 is 0 Å². The summed E-state index contributed by atoms with van der Waals surface area (Å²) in [6.07, 6.45) is 0. The van der Waals surface area contributed by atoms with E-state index in [-0.39, 0.29) is 11.7 Å². The molecule has 106 valence electrons. The second-order valence-corrected chi connectivity index (χ2v) is 4.96. The van der Waals surface area contributed by atoms with Crippen molar-refractivity contribution < 1.29 is 4.39 Å². The van der Waals surface area contributed by atoms with Gasteiger partial charge < -0.3 is 10.6 Å². The van der Waals surface area contributed by atoms with Crippen molar-refractivity contribution in [3.05, 3.63) is 41.5 Å². The molecule has 0 unspecified atom stereocenters. The summed E-state index contributed by atoms with van der Waals surface area (Å²) in [6, 6.07) is 6.74. The van der Waals surface area contributed by atoms with Crippen molar-refractivity contribution in [3.8, 4) is 0 Å².